The van der Waals surface area contributed by atoms with Gasteiger partial charge in [0.25, 0.3) is 0 Å². The minimum absolute atomic E-state index is 0.349. The maximum absolute atomic E-state index is 6.04. The number of hydrogen-bond donors (Lipinski definition) is 0. The Labute approximate surface area is 116 Å². The second-order valence-electron chi connectivity index (χ2n) is 5.15. The largest absolute Gasteiger partial charge is 0.353 e. The lowest BCUT2D eigenvalue weighted by Gasteiger charge is -2.28. The monoisotopic (exact) mass is 281 g/mol. The van der Waals surface area contributed by atoms with Gasteiger partial charge in [-0.25, -0.2) is 4.98 Å². The molecule has 3 nitrogen and oxygen atoms in total. The van der Waals surface area contributed by atoms with Crippen molar-refractivity contribution in [1.82, 2.24) is 9.97 Å². The average Bonchev–Trinajstić information content (AvgIpc) is 3.01. The number of thiophene rings is 1. The third kappa shape index (κ3) is 2.31. The number of rotatable bonds is 4. The summed E-state index contributed by atoms with van der Waals surface area (Å²) in [4.78, 5) is 12.1. The molecule has 0 atom stereocenters. The lowest BCUT2D eigenvalue weighted by Crippen LogP contribution is -2.33. The number of aromatic nitrogens is 2. The Bertz CT molecular complexity index is 562. The fourth-order valence-corrected chi connectivity index (χ4v) is 3.13. The van der Waals surface area contributed by atoms with Crippen molar-refractivity contribution in [3.8, 4) is 0 Å². The van der Waals surface area contributed by atoms with E-state index in [1.54, 1.807) is 11.3 Å². The predicted octanol–water partition coefficient (Wildman–Crippen LogP) is 3.97. The van der Waals surface area contributed by atoms with E-state index >= 15 is 0 Å². The molecule has 1 fully saturated rings. The predicted molar refractivity (Wildman–Crippen MR) is 77.6 cm³/mol. The molecule has 96 valence electrons. The smallest absolute Gasteiger partial charge is 0.225 e. The molecule has 0 spiro atoms. The van der Waals surface area contributed by atoms with Gasteiger partial charge in [0.15, 0.2) is 0 Å². The van der Waals surface area contributed by atoms with Crippen molar-refractivity contribution >= 4 is 39.0 Å². The Morgan fingerprint density at radius 1 is 1.44 bits per heavy atom. The van der Waals surface area contributed by atoms with E-state index in [2.05, 4.69) is 40.2 Å². The van der Waals surface area contributed by atoms with Crippen LogP contribution in [-0.4, -0.2) is 22.6 Å². The number of fused-ring (bicyclic) bond motifs is 1. The third-order valence-corrected chi connectivity index (χ3v) is 4.30. The summed E-state index contributed by atoms with van der Waals surface area (Å²) >= 11 is 7.66. The SMILES string of the molecule is CC(C)N(CC1CC1)c1nc(Cl)nc2sccc12. The van der Waals surface area contributed by atoms with Crippen LogP contribution in [0, 0.1) is 5.92 Å². The van der Waals surface area contributed by atoms with Gasteiger partial charge >= 0.3 is 0 Å². The second-order valence-corrected chi connectivity index (χ2v) is 6.38. The summed E-state index contributed by atoms with van der Waals surface area (Å²) in [6.07, 6.45) is 2.68. The topological polar surface area (TPSA) is 29.0 Å². The minimum Gasteiger partial charge on any atom is -0.353 e. The van der Waals surface area contributed by atoms with Crippen LogP contribution in [0.2, 0.25) is 5.28 Å². The van der Waals surface area contributed by atoms with Gasteiger partial charge < -0.3 is 4.90 Å². The first-order valence-electron chi connectivity index (χ1n) is 6.32. The minimum atomic E-state index is 0.349. The molecule has 2 aromatic rings. The van der Waals surface area contributed by atoms with Crippen LogP contribution in [0.3, 0.4) is 0 Å². The van der Waals surface area contributed by atoms with Crippen LogP contribution in [0.15, 0.2) is 11.4 Å². The molecular weight excluding hydrogens is 266 g/mol. The van der Waals surface area contributed by atoms with E-state index in [4.69, 9.17) is 11.6 Å². The van der Waals surface area contributed by atoms with E-state index in [1.807, 2.05) is 0 Å². The molecule has 0 radical (unpaired) electrons. The molecule has 0 aromatic carbocycles. The van der Waals surface area contributed by atoms with Crippen LogP contribution in [0.5, 0.6) is 0 Å². The van der Waals surface area contributed by atoms with Crippen LogP contribution in [0.4, 0.5) is 5.82 Å². The summed E-state index contributed by atoms with van der Waals surface area (Å²) in [5.41, 5.74) is 0. The van der Waals surface area contributed by atoms with Crippen molar-refractivity contribution in [2.24, 2.45) is 5.92 Å². The van der Waals surface area contributed by atoms with Crippen LogP contribution >= 0.6 is 22.9 Å². The highest BCUT2D eigenvalue weighted by molar-refractivity contribution is 7.16. The summed E-state index contributed by atoms with van der Waals surface area (Å²) in [5, 5.41) is 3.52. The van der Waals surface area contributed by atoms with E-state index in [1.165, 1.54) is 12.8 Å². The standard InChI is InChI=1S/C13H16ClN3S/c1-8(2)17(7-9-3-4-9)11-10-5-6-18-12(10)16-13(14)15-11/h5-6,8-9H,3-4,7H2,1-2H3. The zero-order valence-electron chi connectivity index (χ0n) is 10.6. The average molecular weight is 282 g/mol. The van der Waals surface area contributed by atoms with Crippen LogP contribution in [0.25, 0.3) is 10.2 Å². The third-order valence-electron chi connectivity index (χ3n) is 3.32. The highest BCUT2D eigenvalue weighted by Gasteiger charge is 2.27. The van der Waals surface area contributed by atoms with E-state index in [0.717, 1.165) is 28.5 Å². The highest BCUT2D eigenvalue weighted by atomic mass is 35.5. The lowest BCUT2D eigenvalue weighted by molar-refractivity contribution is 0.639. The zero-order valence-corrected chi connectivity index (χ0v) is 12.1. The number of anilines is 1. The van der Waals surface area contributed by atoms with E-state index in [-0.39, 0.29) is 0 Å². The molecule has 0 unspecified atom stereocenters. The van der Waals surface area contributed by atoms with Crippen molar-refractivity contribution < 1.29 is 0 Å². The van der Waals surface area contributed by atoms with Crippen LogP contribution in [0.1, 0.15) is 26.7 Å². The fraction of sp³-hybridized carbons (Fsp3) is 0.538. The molecule has 5 heteroatoms. The molecule has 0 amide bonds. The number of hydrogen-bond acceptors (Lipinski definition) is 4. The number of nitrogens with zero attached hydrogens (tertiary/aromatic N) is 3. The van der Waals surface area contributed by atoms with Gasteiger partial charge in [0.2, 0.25) is 5.28 Å². The molecule has 1 saturated carbocycles. The van der Waals surface area contributed by atoms with E-state index in [9.17, 15) is 0 Å². The Morgan fingerprint density at radius 3 is 2.89 bits per heavy atom. The van der Waals surface area contributed by atoms with Crippen molar-refractivity contribution in [2.75, 3.05) is 11.4 Å². The van der Waals surface area contributed by atoms with Crippen molar-refractivity contribution in [2.45, 2.75) is 32.7 Å². The molecule has 0 aliphatic heterocycles. The van der Waals surface area contributed by atoms with Gasteiger partial charge in [-0.1, -0.05) is 0 Å². The van der Waals surface area contributed by atoms with Crippen molar-refractivity contribution in [1.29, 1.82) is 0 Å². The Balaban J connectivity index is 2.05. The van der Waals surface area contributed by atoms with E-state index < -0.39 is 0 Å². The molecule has 0 saturated heterocycles. The molecule has 1 aliphatic rings. The zero-order chi connectivity index (χ0) is 12.7. The normalized spacial score (nSPS) is 15.6. The first-order chi connectivity index (χ1) is 8.65. The summed E-state index contributed by atoms with van der Waals surface area (Å²) in [7, 11) is 0. The summed E-state index contributed by atoms with van der Waals surface area (Å²) < 4.78 is 0. The molecule has 1 aliphatic carbocycles. The molecule has 18 heavy (non-hydrogen) atoms. The van der Waals surface area contributed by atoms with Gasteiger partial charge in [0.05, 0.1) is 5.39 Å². The van der Waals surface area contributed by atoms with Crippen molar-refractivity contribution in [3.05, 3.63) is 16.7 Å². The molecular formula is C13H16ClN3S. The first-order valence-corrected chi connectivity index (χ1v) is 7.58. The van der Waals surface area contributed by atoms with Gasteiger partial charge in [-0.3, -0.25) is 0 Å². The Hall–Kier alpha value is -0.870. The molecule has 0 bridgehead atoms. The maximum Gasteiger partial charge on any atom is 0.225 e. The Kier molecular flexibility index (Phi) is 3.16. The number of halogens is 1. The lowest BCUT2D eigenvalue weighted by atomic mass is 10.2. The quantitative estimate of drug-likeness (QED) is 0.794. The maximum atomic E-state index is 6.04. The summed E-state index contributed by atoms with van der Waals surface area (Å²) in [6, 6.07) is 2.52. The van der Waals surface area contributed by atoms with Gasteiger partial charge in [-0.2, -0.15) is 4.98 Å². The molecule has 2 heterocycles. The molecule has 2 aromatic heterocycles. The van der Waals surface area contributed by atoms with Crippen molar-refractivity contribution in [3.63, 3.8) is 0 Å². The molecule has 0 N–H and O–H groups in total. The first kappa shape index (κ1) is 12.2. The second kappa shape index (κ2) is 4.67. The van der Waals surface area contributed by atoms with Gasteiger partial charge in [0.1, 0.15) is 10.6 Å². The molecule has 3 rings (SSSR count). The summed E-state index contributed by atoms with van der Waals surface area (Å²) in [5.74, 6) is 1.82. The van der Waals surface area contributed by atoms with Gasteiger partial charge in [-0.15, -0.1) is 11.3 Å². The Morgan fingerprint density at radius 2 is 2.22 bits per heavy atom. The highest BCUT2D eigenvalue weighted by Crippen LogP contribution is 2.35. The van der Waals surface area contributed by atoms with Gasteiger partial charge in [0, 0.05) is 12.6 Å². The van der Waals surface area contributed by atoms with Crippen LogP contribution < -0.4 is 4.90 Å². The van der Waals surface area contributed by atoms with E-state index in [0.29, 0.717) is 11.3 Å². The summed E-state index contributed by atoms with van der Waals surface area (Å²) in [6.45, 7) is 5.49. The van der Waals surface area contributed by atoms with Gasteiger partial charge in [-0.05, 0) is 55.7 Å². The van der Waals surface area contributed by atoms with Crippen LogP contribution in [-0.2, 0) is 0 Å². The fourth-order valence-electron chi connectivity index (χ4n) is 2.15.